The standard InChI is InChI=1S/C13H22N4O/c1-10(2)18-8-7-17(3)9-11-5-4-6-16-12(11)13(14)15/h4-6,10H,7-9H2,1-3H3,(H3,14,15). The number of likely N-dealkylation sites (N-methyl/N-ethyl adjacent to an activating group) is 1. The van der Waals surface area contributed by atoms with Crippen molar-refractivity contribution in [2.75, 3.05) is 20.2 Å². The van der Waals surface area contributed by atoms with Gasteiger partial charge in [-0.05, 0) is 32.5 Å². The van der Waals surface area contributed by atoms with Crippen LogP contribution in [0.1, 0.15) is 25.1 Å². The lowest BCUT2D eigenvalue weighted by Gasteiger charge is -2.18. The highest BCUT2D eigenvalue weighted by Crippen LogP contribution is 2.07. The van der Waals surface area contributed by atoms with Crippen molar-refractivity contribution in [1.29, 1.82) is 5.41 Å². The van der Waals surface area contributed by atoms with Crippen LogP contribution in [0.2, 0.25) is 0 Å². The second kappa shape index (κ2) is 7.08. The number of hydrogen-bond donors (Lipinski definition) is 2. The van der Waals surface area contributed by atoms with Gasteiger partial charge in [-0.2, -0.15) is 0 Å². The van der Waals surface area contributed by atoms with Crippen LogP contribution in [0.25, 0.3) is 0 Å². The lowest BCUT2D eigenvalue weighted by Crippen LogP contribution is -2.26. The van der Waals surface area contributed by atoms with Gasteiger partial charge in [-0.1, -0.05) is 6.07 Å². The van der Waals surface area contributed by atoms with Crippen LogP contribution in [0.4, 0.5) is 0 Å². The molecule has 0 bridgehead atoms. The minimum absolute atomic E-state index is 0.0115. The Hall–Kier alpha value is -1.46. The molecule has 18 heavy (non-hydrogen) atoms. The summed E-state index contributed by atoms with van der Waals surface area (Å²) in [5.41, 5.74) is 7.04. The molecule has 0 aromatic carbocycles. The predicted octanol–water partition coefficient (Wildman–Crippen LogP) is 1.22. The number of nitrogens with one attached hydrogen (secondary N) is 1. The van der Waals surface area contributed by atoms with Crippen LogP contribution in [0.3, 0.4) is 0 Å². The van der Waals surface area contributed by atoms with Crippen molar-refractivity contribution in [2.45, 2.75) is 26.5 Å². The topological polar surface area (TPSA) is 75.2 Å². The van der Waals surface area contributed by atoms with E-state index >= 15 is 0 Å². The molecule has 1 aromatic heterocycles. The Morgan fingerprint density at radius 1 is 1.56 bits per heavy atom. The molecule has 0 amide bonds. The van der Waals surface area contributed by atoms with Crippen molar-refractivity contribution in [3.8, 4) is 0 Å². The minimum atomic E-state index is 0.0115. The van der Waals surface area contributed by atoms with E-state index in [0.29, 0.717) is 18.8 Å². The highest BCUT2D eigenvalue weighted by molar-refractivity contribution is 5.94. The Kier molecular flexibility index (Phi) is 5.74. The van der Waals surface area contributed by atoms with Crippen LogP contribution in [-0.4, -0.2) is 42.0 Å². The molecule has 0 spiro atoms. The number of hydrogen-bond acceptors (Lipinski definition) is 4. The van der Waals surface area contributed by atoms with Crippen LogP contribution in [0.15, 0.2) is 18.3 Å². The Bertz CT molecular complexity index is 392. The molecule has 3 N–H and O–H groups in total. The fraction of sp³-hybridized carbons (Fsp3) is 0.538. The second-order valence-corrected chi connectivity index (χ2v) is 4.58. The van der Waals surface area contributed by atoms with Gasteiger partial charge in [0.15, 0.2) is 0 Å². The van der Waals surface area contributed by atoms with Gasteiger partial charge in [-0.25, -0.2) is 0 Å². The molecular formula is C13H22N4O. The van der Waals surface area contributed by atoms with Gasteiger partial charge in [0.1, 0.15) is 11.5 Å². The summed E-state index contributed by atoms with van der Waals surface area (Å²) in [5, 5.41) is 7.49. The van der Waals surface area contributed by atoms with Gasteiger partial charge in [-0.3, -0.25) is 15.3 Å². The van der Waals surface area contributed by atoms with Gasteiger partial charge in [0.2, 0.25) is 0 Å². The number of nitrogen functional groups attached to an aromatic ring is 1. The van der Waals surface area contributed by atoms with Crippen LogP contribution in [0.5, 0.6) is 0 Å². The summed E-state index contributed by atoms with van der Waals surface area (Å²) in [6, 6.07) is 3.81. The molecule has 100 valence electrons. The van der Waals surface area contributed by atoms with Gasteiger partial charge in [0, 0.05) is 19.3 Å². The monoisotopic (exact) mass is 250 g/mol. The third kappa shape index (κ3) is 4.81. The molecule has 0 aliphatic rings. The van der Waals surface area contributed by atoms with Crippen LogP contribution in [0, 0.1) is 5.41 Å². The van der Waals surface area contributed by atoms with E-state index in [1.807, 2.05) is 33.0 Å². The molecule has 0 fully saturated rings. The molecule has 1 heterocycles. The zero-order valence-corrected chi connectivity index (χ0v) is 11.3. The number of nitrogens with two attached hydrogens (primary N) is 1. The Labute approximate surface area is 108 Å². The summed E-state index contributed by atoms with van der Waals surface area (Å²) < 4.78 is 5.50. The van der Waals surface area contributed by atoms with E-state index in [2.05, 4.69) is 9.88 Å². The lowest BCUT2D eigenvalue weighted by atomic mass is 10.1. The van der Waals surface area contributed by atoms with E-state index in [9.17, 15) is 0 Å². The summed E-state index contributed by atoms with van der Waals surface area (Å²) in [4.78, 5) is 6.26. The Balaban J connectivity index is 2.53. The smallest absolute Gasteiger partial charge is 0.142 e. The molecule has 0 saturated carbocycles. The van der Waals surface area contributed by atoms with Crippen LogP contribution >= 0.6 is 0 Å². The largest absolute Gasteiger partial charge is 0.382 e. The first-order valence-electron chi connectivity index (χ1n) is 6.09. The molecule has 0 radical (unpaired) electrons. The van der Waals surface area contributed by atoms with Crippen molar-refractivity contribution in [2.24, 2.45) is 5.73 Å². The highest BCUT2D eigenvalue weighted by atomic mass is 16.5. The first-order chi connectivity index (χ1) is 8.50. The Morgan fingerprint density at radius 3 is 2.89 bits per heavy atom. The van der Waals surface area contributed by atoms with Gasteiger partial charge >= 0.3 is 0 Å². The normalized spacial score (nSPS) is 11.2. The second-order valence-electron chi connectivity index (χ2n) is 4.58. The zero-order valence-electron chi connectivity index (χ0n) is 11.3. The molecule has 0 saturated heterocycles. The molecule has 1 rings (SSSR count). The summed E-state index contributed by atoms with van der Waals surface area (Å²) in [7, 11) is 2.01. The first kappa shape index (κ1) is 14.6. The summed E-state index contributed by atoms with van der Waals surface area (Å²) in [5.74, 6) is 0.0115. The predicted molar refractivity (Wildman–Crippen MR) is 72.7 cm³/mol. The SMILES string of the molecule is CC(C)OCCN(C)Cc1cccnc1C(=N)N. The maximum atomic E-state index is 7.49. The average molecular weight is 250 g/mol. The number of rotatable bonds is 7. The number of pyridine rings is 1. The number of nitrogens with zero attached hydrogens (tertiary/aromatic N) is 2. The molecule has 0 aliphatic carbocycles. The third-order valence-electron chi connectivity index (χ3n) is 2.51. The zero-order chi connectivity index (χ0) is 13.5. The summed E-state index contributed by atoms with van der Waals surface area (Å²) >= 11 is 0. The molecule has 0 atom stereocenters. The van der Waals surface area contributed by atoms with Crippen LogP contribution < -0.4 is 5.73 Å². The molecule has 5 heteroatoms. The van der Waals surface area contributed by atoms with Gasteiger partial charge in [0.25, 0.3) is 0 Å². The van der Waals surface area contributed by atoms with E-state index in [1.165, 1.54) is 0 Å². The van der Waals surface area contributed by atoms with E-state index in [-0.39, 0.29) is 11.9 Å². The number of amidine groups is 1. The summed E-state index contributed by atoms with van der Waals surface area (Å²) in [6.07, 6.45) is 1.91. The van der Waals surface area contributed by atoms with Gasteiger partial charge in [0.05, 0.1) is 12.7 Å². The average Bonchev–Trinajstić information content (AvgIpc) is 2.28. The lowest BCUT2D eigenvalue weighted by molar-refractivity contribution is 0.0627. The highest BCUT2D eigenvalue weighted by Gasteiger charge is 2.08. The maximum Gasteiger partial charge on any atom is 0.142 e. The fourth-order valence-corrected chi connectivity index (χ4v) is 1.62. The molecule has 1 aromatic rings. The van der Waals surface area contributed by atoms with Crippen molar-refractivity contribution in [3.05, 3.63) is 29.6 Å². The van der Waals surface area contributed by atoms with E-state index < -0.39 is 0 Å². The van der Waals surface area contributed by atoms with Gasteiger partial charge < -0.3 is 10.5 Å². The number of ether oxygens (including phenoxy) is 1. The van der Waals surface area contributed by atoms with Crippen molar-refractivity contribution in [3.63, 3.8) is 0 Å². The van der Waals surface area contributed by atoms with E-state index in [4.69, 9.17) is 15.9 Å². The minimum Gasteiger partial charge on any atom is -0.382 e. The van der Waals surface area contributed by atoms with E-state index in [1.54, 1.807) is 6.20 Å². The third-order valence-corrected chi connectivity index (χ3v) is 2.51. The van der Waals surface area contributed by atoms with Gasteiger partial charge in [-0.15, -0.1) is 0 Å². The van der Waals surface area contributed by atoms with Crippen molar-refractivity contribution < 1.29 is 4.74 Å². The van der Waals surface area contributed by atoms with Crippen molar-refractivity contribution in [1.82, 2.24) is 9.88 Å². The molecule has 0 aliphatic heterocycles. The fourth-order valence-electron chi connectivity index (χ4n) is 1.62. The number of aromatic nitrogens is 1. The maximum absolute atomic E-state index is 7.49. The van der Waals surface area contributed by atoms with E-state index in [0.717, 1.165) is 12.1 Å². The quantitative estimate of drug-likeness (QED) is 0.563. The first-order valence-corrected chi connectivity index (χ1v) is 6.09. The molecule has 0 unspecified atom stereocenters. The van der Waals surface area contributed by atoms with Crippen LogP contribution in [-0.2, 0) is 11.3 Å². The van der Waals surface area contributed by atoms with Crippen molar-refractivity contribution >= 4 is 5.84 Å². The Morgan fingerprint density at radius 2 is 2.28 bits per heavy atom. The molecular weight excluding hydrogens is 228 g/mol. The summed E-state index contributed by atoms with van der Waals surface area (Å²) in [6.45, 7) is 6.29. The molecule has 5 nitrogen and oxygen atoms in total.